The minimum Gasteiger partial charge on any atom is -0.370 e. The first-order valence-electron chi connectivity index (χ1n) is 11.4. The van der Waals surface area contributed by atoms with Crippen LogP contribution in [0.1, 0.15) is 54.8 Å². The van der Waals surface area contributed by atoms with Crippen LogP contribution in [0.25, 0.3) is 0 Å². The lowest BCUT2D eigenvalue weighted by Gasteiger charge is -2.49. The van der Waals surface area contributed by atoms with Crippen LogP contribution in [0.3, 0.4) is 0 Å². The molecule has 1 saturated heterocycles. The van der Waals surface area contributed by atoms with Gasteiger partial charge in [-0.15, -0.1) is 22.7 Å². The van der Waals surface area contributed by atoms with Crippen molar-refractivity contribution in [2.45, 2.75) is 74.3 Å². The molecule has 31 heavy (non-hydrogen) atoms. The predicted molar refractivity (Wildman–Crippen MR) is 126 cm³/mol. The summed E-state index contributed by atoms with van der Waals surface area (Å²) in [6.07, 6.45) is 6.15. The van der Waals surface area contributed by atoms with Gasteiger partial charge in [0.15, 0.2) is 0 Å². The first-order valence-corrected chi connectivity index (χ1v) is 14.6. The normalized spacial score (nSPS) is 31.5. The van der Waals surface area contributed by atoms with Gasteiger partial charge in [0.2, 0.25) is 10.0 Å². The van der Waals surface area contributed by atoms with E-state index in [9.17, 15) is 8.42 Å². The molecule has 0 bridgehead atoms. The second-order valence-electron chi connectivity index (χ2n) is 9.38. The van der Waals surface area contributed by atoms with Gasteiger partial charge in [-0.25, -0.2) is 13.1 Å². The molecule has 2 aromatic rings. The maximum Gasteiger partial charge on any atom is 0.250 e. The van der Waals surface area contributed by atoms with Gasteiger partial charge in [-0.3, -0.25) is 0 Å². The number of thiophene rings is 2. The van der Waals surface area contributed by atoms with E-state index in [-0.39, 0.29) is 11.6 Å². The smallest absolute Gasteiger partial charge is 0.250 e. The molecule has 5 rings (SSSR count). The van der Waals surface area contributed by atoms with Gasteiger partial charge in [0.1, 0.15) is 4.21 Å². The molecule has 0 aromatic carbocycles. The molecule has 1 spiro atoms. The van der Waals surface area contributed by atoms with Crippen LogP contribution >= 0.6 is 22.7 Å². The third-order valence-corrected chi connectivity index (χ3v) is 11.5. The van der Waals surface area contributed by atoms with E-state index < -0.39 is 10.0 Å². The third kappa shape index (κ3) is 4.27. The summed E-state index contributed by atoms with van der Waals surface area (Å²) in [6.45, 7) is 7.53. The van der Waals surface area contributed by atoms with Crippen molar-refractivity contribution in [3.63, 3.8) is 0 Å². The number of hydrogen-bond acceptors (Lipinski definition) is 6. The van der Waals surface area contributed by atoms with Crippen molar-refractivity contribution in [3.05, 3.63) is 38.9 Å². The second kappa shape index (κ2) is 8.54. The summed E-state index contributed by atoms with van der Waals surface area (Å²) in [5.74, 6) is 0.572. The Kier molecular flexibility index (Phi) is 6.07. The summed E-state index contributed by atoms with van der Waals surface area (Å²) in [7, 11) is -3.35. The zero-order chi connectivity index (χ0) is 21.6. The van der Waals surface area contributed by atoms with Crippen LogP contribution in [0.2, 0.25) is 0 Å². The van der Waals surface area contributed by atoms with Gasteiger partial charge in [-0.1, -0.05) is 13.0 Å². The van der Waals surface area contributed by atoms with Crippen molar-refractivity contribution < 1.29 is 13.2 Å². The molecule has 1 saturated carbocycles. The summed E-state index contributed by atoms with van der Waals surface area (Å²) in [5, 5.41) is 1.81. The molecule has 0 unspecified atom stereocenters. The highest BCUT2D eigenvalue weighted by Crippen LogP contribution is 2.46. The lowest BCUT2D eigenvalue weighted by molar-refractivity contribution is -0.114. The molecule has 1 N–H and O–H groups in total. The molecular weight excluding hydrogens is 448 g/mol. The van der Waals surface area contributed by atoms with Gasteiger partial charge >= 0.3 is 0 Å². The standard InChI is InChI=1S/C23H32N2O3S3/c1-3-19-13-20-21(30-19)6-9-28-23(20)7-8-25(16(2)14-23)15-17-11-18(12-17)24-31(26,27)22-5-4-10-29-22/h4-5,10,13,16-18,24H,3,6-9,11-12,14-15H2,1-2H3/t16-,17?,18?,23+/m0/s1. The second-order valence-corrected chi connectivity index (χ2v) is 13.5. The zero-order valence-corrected chi connectivity index (χ0v) is 20.8. The molecule has 1 aliphatic carbocycles. The topological polar surface area (TPSA) is 58.6 Å². The van der Waals surface area contributed by atoms with E-state index in [4.69, 9.17) is 4.74 Å². The number of likely N-dealkylation sites (tertiary alicyclic amines) is 1. The molecule has 8 heteroatoms. The first-order chi connectivity index (χ1) is 14.9. The number of nitrogens with zero attached hydrogens (tertiary/aromatic N) is 1. The van der Waals surface area contributed by atoms with Crippen molar-refractivity contribution in [2.75, 3.05) is 19.7 Å². The van der Waals surface area contributed by atoms with Gasteiger partial charge in [0.05, 0.1) is 12.2 Å². The lowest BCUT2D eigenvalue weighted by Crippen LogP contribution is -2.54. The summed E-state index contributed by atoms with van der Waals surface area (Å²) in [5.41, 5.74) is 1.38. The largest absolute Gasteiger partial charge is 0.370 e. The van der Waals surface area contributed by atoms with Crippen LogP contribution < -0.4 is 4.72 Å². The summed E-state index contributed by atoms with van der Waals surface area (Å²) in [4.78, 5) is 5.63. The van der Waals surface area contributed by atoms with Gasteiger partial charge in [0, 0.05) is 41.3 Å². The van der Waals surface area contributed by atoms with Gasteiger partial charge in [-0.2, -0.15) is 0 Å². The third-order valence-electron chi connectivity index (χ3n) is 7.27. The Hall–Kier alpha value is -0.770. The van der Waals surface area contributed by atoms with Crippen molar-refractivity contribution in [1.82, 2.24) is 9.62 Å². The highest BCUT2D eigenvalue weighted by molar-refractivity contribution is 7.91. The fraction of sp³-hybridized carbons (Fsp3) is 0.652. The Morgan fingerprint density at radius 3 is 2.90 bits per heavy atom. The average molecular weight is 481 g/mol. The Balaban J connectivity index is 1.16. The van der Waals surface area contributed by atoms with Gasteiger partial charge in [0.25, 0.3) is 0 Å². The van der Waals surface area contributed by atoms with Crippen LogP contribution in [0.5, 0.6) is 0 Å². The van der Waals surface area contributed by atoms with Crippen LogP contribution in [0.15, 0.2) is 27.8 Å². The summed E-state index contributed by atoms with van der Waals surface area (Å²) in [6, 6.07) is 6.42. The van der Waals surface area contributed by atoms with Crippen LogP contribution in [-0.2, 0) is 33.2 Å². The molecule has 2 aromatic heterocycles. The SMILES string of the molecule is CCc1cc2c(s1)CCO[C@@]21CCN(CC2CC(NS(=O)(=O)c3cccs3)C2)[C@@H](C)C1. The number of fused-ring (bicyclic) bond motifs is 2. The highest BCUT2D eigenvalue weighted by Gasteiger charge is 2.45. The number of nitrogens with one attached hydrogen (secondary N) is 1. The fourth-order valence-electron chi connectivity index (χ4n) is 5.55. The fourth-order valence-corrected chi connectivity index (χ4v) is 9.00. The molecule has 2 fully saturated rings. The van der Waals surface area contributed by atoms with E-state index in [0.29, 0.717) is 16.2 Å². The highest BCUT2D eigenvalue weighted by atomic mass is 32.2. The van der Waals surface area contributed by atoms with E-state index in [1.54, 1.807) is 22.4 Å². The molecule has 5 nitrogen and oxygen atoms in total. The van der Waals surface area contributed by atoms with Gasteiger partial charge < -0.3 is 9.64 Å². The molecule has 0 amide bonds. The maximum atomic E-state index is 12.4. The number of piperidine rings is 1. The Labute approximate surface area is 193 Å². The number of sulfonamides is 1. The first kappa shape index (κ1) is 22.0. The van der Waals surface area contributed by atoms with E-state index in [1.165, 1.54) is 21.8 Å². The number of hydrogen-bond donors (Lipinski definition) is 1. The quantitative estimate of drug-likeness (QED) is 0.667. The van der Waals surface area contributed by atoms with Crippen molar-refractivity contribution in [1.29, 1.82) is 0 Å². The lowest BCUT2D eigenvalue weighted by atomic mass is 9.77. The predicted octanol–water partition coefficient (Wildman–Crippen LogP) is 4.38. The Bertz CT molecular complexity index is 1010. The van der Waals surface area contributed by atoms with Crippen molar-refractivity contribution >= 4 is 32.7 Å². The Morgan fingerprint density at radius 2 is 2.19 bits per heavy atom. The molecule has 0 radical (unpaired) electrons. The van der Waals surface area contributed by atoms with E-state index >= 15 is 0 Å². The van der Waals surface area contributed by atoms with Gasteiger partial charge in [-0.05, 0) is 68.0 Å². The minimum atomic E-state index is -3.35. The van der Waals surface area contributed by atoms with E-state index in [2.05, 4.69) is 29.5 Å². The van der Waals surface area contributed by atoms with Crippen LogP contribution in [0, 0.1) is 5.92 Å². The van der Waals surface area contributed by atoms with Crippen molar-refractivity contribution in [2.24, 2.45) is 5.92 Å². The Morgan fingerprint density at radius 1 is 1.35 bits per heavy atom. The molecule has 170 valence electrons. The summed E-state index contributed by atoms with van der Waals surface area (Å²) >= 11 is 3.26. The average Bonchev–Trinajstić information content (AvgIpc) is 3.39. The minimum absolute atomic E-state index is 0.0750. The zero-order valence-electron chi connectivity index (χ0n) is 18.3. The monoisotopic (exact) mass is 480 g/mol. The molecule has 2 atom stereocenters. The van der Waals surface area contributed by atoms with Crippen molar-refractivity contribution in [3.8, 4) is 0 Å². The number of aryl methyl sites for hydroxylation is 1. The summed E-state index contributed by atoms with van der Waals surface area (Å²) < 4.78 is 34.6. The van der Waals surface area contributed by atoms with E-state index in [1.807, 2.05) is 11.3 Å². The molecule has 3 aliphatic rings. The molecule has 4 heterocycles. The van der Waals surface area contributed by atoms with E-state index in [0.717, 1.165) is 58.2 Å². The number of ether oxygens (including phenoxy) is 1. The molecule has 2 aliphatic heterocycles. The molecular formula is C23H32N2O3S3. The maximum absolute atomic E-state index is 12.4. The van der Waals surface area contributed by atoms with Crippen LogP contribution in [0.4, 0.5) is 0 Å². The van der Waals surface area contributed by atoms with Crippen LogP contribution in [-0.4, -0.2) is 45.1 Å². The number of rotatable bonds is 6.